The van der Waals surface area contributed by atoms with Gasteiger partial charge in [-0.1, -0.05) is 6.92 Å². The van der Waals surface area contributed by atoms with Crippen LogP contribution >= 0.6 is 0 Å². The van der Waals surface area contributed by atoms with Gasteiger partial charge >= 0.3 is 0 Å². The van der Waals surface area contributed by atoms with Crippen LogP contribution in [0.5, 0.6) is 5.75 Å². The number of amides is 1. The van der Waals surface area contributed by atoms with Crippen LogP contribution in [0.25, 0.3) is 0 Å². The molecule has 5 heteroatoms. The van der Waals surface area contributed by atoms with E-state index in [1.165, 1.54) is 19.2 Å². The summed E-state index contributed by atoms with van der Waals surface area (Å²) < 4.78 is 18.9. The monoisotopic (exact) mass is 280 g/mol. The fourth-order valence-electron chi connectivity index (χ4n) is 2.42. The molecule has 1 saturated heterocycles. The third-order valence-corrected chi connectivity index (χ3v) is 4.16. The van der Waals surface area contributed by atoms with Crippen LogP contribution in [0.3, 0.4) is 0 Å². The Morgan fingerprint density at radius 3 is 2.60 bits per heavy atom. The van der Waals surface area contributed by atoms with Crippen molar-refractivity contribution in [2.45, 2.75) is 19.8 Å². The molecule has 1 amide bonds. The van der Waals surface area contributed by atoms with Gasteiger partial charge in [0.2, 0.25) is 0 Å². The minimum Gasteiger partial charge on any atom is -0.497 e. The van der Waals surface area contributed by atoms with Crippen molar-refractivity contribution in [3.05, 3.63) is 29.6 Å². The first kappa shape index (κ1) is 14.8. The number of hydrogen-bond acceptors (Lipinski definition) is 3. The van der Waals surface area contributed by atoms with Crippen LogP contribution < -0.4 is 10.5 Å². The van der Waals surface area contributed by atoms with E-state index in [1.54, 1.807) is 11.0 Å². The zero-order valence-electron chi connectivity index (χ0n) is 12.0. The predicted octanol–water partition coefficient (Wildman–Crippen LogP) is 2.04. The molecule has 0 atom stereocenters. The van der Waals surface area contributed by atoms with E-state index < -0.39 is 5.82 Å². The zero-order chi connectivity index (χ0) is 14.8. The first-order valence-electron chi connectivity index (χ1n) is 6.82. The normalized spacial score (nSPS) is 17.9. The van der Waals surface area contributed by atoms with Crippen LogP contribution in [-0.2, 0) is 0 Å². The van der Waals surface area contributed by atoms with Crippen LogP contribution in [0.2, 0.25) is 0 Å². The Morgan fingerprint density at radius 1 is 1.45 bits per heavy atom. The molecule has 20 heavy (non-hydrogen) atoms. The second-order valence-corrected chi connectivity index (χ2v) is 5.65. The molecule has 0 unspecified atom stereocenters. The van der Waals surface area contributed by atoms with Gasteiger partial charge in [-0.05, 0) is 36.9 Å². The van der Waals surface area contributed by atoms with E-state index in [4.69, 9.17) is 10.5 Å². The van der Waals surface area contributed by atoms with Crippen LogP contribution in [0.1, 0.15) is 30.1 Å². The number of carbonyl (C=O) groups excluding carboxylic acids is 1. The second kappa shape index (κ2) is 5.79. The number of piperidine rings is 1. The number of rotatable bonds is 3. The lowest BCUT2D eigenvalue weighted by Crippen LogP contribution is -2.44. The summed E-state index contributed by atoms with van der Waals surface area (Å²) in [5.41, 5.74) is 5.94. The van der Waals surface area contributed by atoms with Gasteiger partial charge in [0.25, 0.3) is 5.91 Å². The summed E-state index contributed by atoms with van der Waals surface area (Å²) >= 11 is 0. The molecule has 0 aromatic heterocycles. The second-order valence-electron chi connectivity index (χ2n) is 5.65. The summed E-state index contributed by atoms with van der Waals surface area (Å²) in [4.78, 5) is 14.0. The lowest BCUT2D eigenvalue weighted by molar-refractivity contribution is 0.0613. The summed E-state index contributed by atoms with van der Waals surface area (Å²) in [6.45, 7) is 3.99. The lowest BCUT2D eigenvalue weighted by Gasteiger charge is -2.38. The first-order chi connectivity index (χ1) is 9.49. The molecule has 0 radical (unpaired) electrons. The molecular weight excluding hydrogens is 259 g/mol. The molecule has 0 saturated carbocycles. The number of hydrogen-bond donors (Lipinski definition) is 1. The number of nitrogens with two attached hydrogens (primary N) is 1. The van der Waals surface area contributed by atoms with E-state index in [1.807, 2.05) is 0 Å². The van der Waals surface area contributed by atoms with Gasteiger partial charge in [-0.25, -0.2) is 4.39 Å². The van der Waals surface area contributed by atoms with Crippen molar-refractivity contribution >= 4 is 5.91 Å². The van der Waals surface area contributed by atoms with Crippen LogP contribution in [0.15, 0.2) is 18.2 Å². The third kappa shape index (κ3) is 2.93. The van der Waals surface area contributed by atoms with Crippen LogP contribution in [0.4, 0.5) is 4.39 Å². The highest BCUT2D eigenvalue weighted by atomic mass is 19.1. The van der Waals surface area contributed by atoms with Crippen molar-refractivity contribution in [3.63, 3.8) is 0 Å². The van der Waals surface area contributed by atoms with E-state index >= 15 is 0 Å². The molecule has 1 heterocycles. The maximum atomic E-state index is 13.9. The van der Waals surface area contributed by atoms with Crippen molar-refractivity contribution in [3.8, 4) is 5.75 Å². The van der Waals surface area contributed by atoms with Gasteiger partial charge in [0.1, 0.15) is 11.6 Å². The molecule has 110 valence electrons. The highest BCUT2D eigenvalue weighted by Crippen LogP contribution is 2.30. The Kier molecular flexibility index (Phi) is 4.28. The van der Waals surface area contributed by atoms with Crippen LogP contribution in [-0.4, -0.2) is 37.6 Å². The molecule has 1 aliphatic heterocycles. The Balaban J connectivity index is 2.09. The van der Waals surface area contributed by atoms with Gasteiger partial charge in [0.05, 0.1) is 12.7 Å². The highest BCUT2D eigenvalue weighted by Gasteiger charge is 2.31. The standard InChI is InChI=1S/C15H21FN2O2/c1-15(10-17)5-7-18(8-6-15)14(19)12-4-3-11(20-2)9-13(12)16/h3-4,9H,5-8,10,17H2,1-2H3. The quantitative estimate of drug-likeness (QED) is 0.921. The number of halogens is 1. The topological polar surface area (TPSA) is 55.6 Å². The fourth-order valence-corrected chi connectivity index (χ4v) is 2.42. The summed E-state index contributed by atoms with van der Waals surface area (Å²) in [5, 5.41) is 0. The lowest BCUT2D eigenvalue weighted by atomic mass is 9.80. The molecular formula is C15H21FN2O2. The highest BCUT2D eigenvalue weighted by molar-refractivity contribution is 5.94. The largest absolute Gasteiger partial charge is 0.497 e. The van der Waals surface area contributed by atoms with Crippen molar-refractivity contribution in [1.82, 2.24) is 4.90 Å². The predicted molar refractivity (Wildman–Crippen MR) is 75.3 cm³/mol. The SMILES string of the molecule is COc1ccc(C(=O)N2CCC(C)(CN)CC2)c(F)c1. The smallest absolute Gasteiger partial charge is 0.256 e. The van der Waals surface area contributed by atoms with Crippen LogP contribution in [0, 0.1) is 11.2 Å². The average Bonchev–Trinajstić information content (AvgIpc) is 2.47. The Morgan fingerprint density at radius 2 is 2.10 bits per heavy atom. The average molecular weight is 280 g/mol. The zero-order valence-corrected chi connectivity index (χ0v) is 12.0. The van der Waals surface area contributed by atoms with E-state index in [0.717, 1.165) is 12.8 Å². The first-order valence-corrected chi connectivity index (χ1v) is 6.82. The van der Waals surface area contributed by atoms with E-state index in [-0.39, 0.29) is 16.9 Å². The van der Waals surface area contributed by atoms with Crippen molar-refractivity contribution in [2.24, 2.45) is 11.1 Å². The molecule has 2 rings (SSSR count). The molecule has 2 N–H and O–H groups in total. The van der Waals surface area contributed by atoms with E-state index in [0.29, 0.717) is 25.4 Å². The molecule has 1 aromatic rings. The van der Waals surface area contributed by atoms with Crippen molar-refractivity contribution < 1.29 is 13.9 Å². The minimum absolute atomic E-state index is 0.0925. The number of methoxy groups -OCH3 is 1. The van der Waals surface area contributed by atoms with Gasteiger partial charge in [0.15, 0.2) is 0 Å². The summed E-state index contributed by atoms with van der Waals surface area (Å²) in [7, 11) is 1.47. The molecule has 1 aromatic carbocycles. The Hall–Kier alpha value is -1.62. The number of nitrogens with zero attached hydrogens (tertiary/aromatic N) is 1. The molecule has 1 aliphatic rings. The minimum atomic E-state index is -0.540. The number of benzene rings is 1. The Labute approximate surface area is 118 Å². The van der Waals surface area contributed by atoms with Gasteiger partial charge in [-0.15, -0.1) is 0 Å². The number of carbonyl (C=O) groups is 1. The van der Waals surface area contributed by atoms with E-state index in [2.05, 4.69) is 6.92 Å². The van der Waals surface area contributed by atoms with Gasteiger partial charge in [-0.3, -0.25) is 4.79 Å². The van der Waals surface area contributed by atoms with Crippen molar-refractivity contribution in [1.29, 1.82) is 0 Å². The van der Waals surface area contributed by atoms with E-state index in [9.17, 15) is 9.18 Å². The van der Waals surface area contributed by atoms with Gasteiger partial charge in [0, 0.05) is 19.2 Å². The molecule has 0 bridgehead atoms. The summed E-state index contributed by atoms with van der Waals surface area (Å²) in [6, 6.07) is 4.32. The fraction of sp³-hybridized carbons (Fsp3) is 0.533. The summed E-state index contributed by atoms with van der Waals surface area (Å²) in [6.07, 6.45) is 1.71. The maximum Gasteiger partial charge on any atom is 0.256 e. The third-order valence-electron chi connectivity index (χ3n) is 4.16. The number of likely N-dealkylation sites (tertiary alicyclic amines) is 1. The summed E-state index contributed by atoms with van der Waals surface area (Å²) in [5.74, 6) is -0.390. The Bertz CT molecular complexity index is 497. The maximum absolute atomic E-state index is 13.9. The van der Waals surface area contributed by atoms with Gasteiger partial charge in [-0.2, -0.15) is 0 Å². The molecule has 1 fully saturated rings. The number of ether oxygens (including phenoxy) is 1. The molecule has 0 aliphatic carbocycles. The molecule has 4 nitrogen and oxygen atoms in total. The van der Waals surface area contributed by atoms with Crippen molar-refractivity contribution in [2.75, 3.05) is 26.7 Å². The van der Waals surface area contributed by atoms with Gasteiger partial charge < -0.3 is 15.4 Å². The molecule has 0 spiro atoms.